The molecule has 110 valence electrons. The van der Waals surface area contributed by atoms with E-state index in [-0.39, 0.29) is 17.7 Å². The van der Waals surface area contributed by atoms with Gasteiger partial charge in [0.05, 0.1) is 12.8 Å². The molecule has 1 fully saturated rings. The summed E-state index contributed by atoms with van der Waals surface area (Å²) in [6.07, 6.45) is 4.17. The summed E-state index contributed by atoms with van der Waals surface area (Å²) in [5, 5.41) is 3.50. The largest absolute Gasteiger partial charge is 0.495 e. The predicted molar refractivity (Wildman–Crippen MR) is 81.1 cm³/mol. The van der Waals surface area contributed by atoms with Crippen LogP contribution in [-0.2, 0) is 4.79 Å². The second kappa shape index (κ2) is 6.95. The number of methoxy groups -OCH3 is 1. The molecule has 0 aromatic heterocycles. The van der Waals surface area contributed by atoms with Crippen LogP contribution >= 0.6 is 11.6 Å². The zero-order chi connectivity index (χ0) is 14.5. The van der Waals surface area contributed by atoms with Gasteiger partial charge >= 0.3 is 0 Å². The highest BCUT2D eigenvalue weighted by Crippen LogP contribution is 2.32. The highest BCUT2D eigenvalue weighted by atomic mass is 35.5. The molecule has 5 heteroatoms. The van der Waals surface area contributed by atoms with E-state index in [1.165, 1.54) is 0 Å². The average molecular weight is 297 g/mol. The van der Waals surface area contributed by atoms with Crippen LogP contribution in [0.15, 0.2) is 18.2 Å². The molecule has 0 radical (unpaired) electrons. The van der Waals surface area contributed by atoms with Gasteiger partial charge in [-0.15, -0.1) is 0 Å². The molecule has 20 heavy (non-hydrogen) atoms. The van der Waals surface area contributed by atoms with Crippen molar-refractivity contribution in [3.63, 3.8) is 0 Å². The third kappa shape index (κ3) is 3.44. The van der Waals surface area contributed by atoms with Gasteiger partial charge < -0.3 is 15.8 Å². The Labute approximate surface area is 124 Å². The van der Waals surface area contributed by atoms with E-state index in [0.717, 1.165) is 25.7 Å². The number of rotatable bonds is 4. The summed E-state index contributed by atoms with van der Waals surface area (Å²) in [4.78, 5) is 12.5. The monoisotopic (exact) mass is 296 g/mol. The Morgan fingerprint density at radius 1 is 1.45 bits per heavy atom. The quantitative estimate of drug-likeness (QED) is 0.897. The number of anilines is 1. The van der Waals surface area contributed by atoms with Crippen molar-refractivity contribution < 1.29 is 9.53 Å². The summed E-state index contributed by atoms with van der Waals surface area (Å²) in [5.41, 5.74) is 6.40. The molecule has 1 amide bonds. The van der Waals surface area contributed by atoms with Crippen molar-refractivity contribution in [2.24, 2.45) is 17.6 Å². The van der Waals surface area contributed by atoms with E-state index >= 15 is 0 Å². The molecule has 0 saturated heterocycles. The normalized spacial score (nSPS) is 22.4. The third-order valence-corrected chi connectivity index (χ3v) is 4.20. The van der Waals surface area contributed by atoms with Gasteiger partial charge in [0, 0.05) is 10.9 Å². The molecule has 3 N–H and O–H groups in total. The number of nitrogens with one attached hydrogen (secondary N) is 1. The number of carbonyl (C=O) groups excluding carboxylic acids is 1. The minimum Gasteiger partial charge on any atom is -0.495 e. The molecule has 1 aliphatic carbocycles. The van der Waals surface area contributed by atoms with E-state index in [1.54, 1.807) is 25.3 Å². The summed E-state index contributed by atoms with van der Waals surface area (Å²) in [6, 6.07) is 5.19. The van der Waals surface area contributed by atoms with E-state index in [9.17, 15) is 4.79 Å². The van der Waals surface area contributed by atoms with Crippen molar-refractivity contribution in [1.29, 1.82) is 0 Å². The molecular weight excluding hydrogens is 276 g/mol. The predicted octanol–water partition coefficient (Wildman–Crippen LogP) is 3.05. The fraction of sp³-hybridized carbons (Fsp3) is 0.533. The number of halogens is 1. The first-order chi connectivity index (χ1) is 9.65. The molecule has 0 spiro atoms. The van der Waals surface area contributed by atoms with Crippen molar-refractivity contribution in [1.82, 2.24) is 0 Å². The molecule has 2 unspecified atom stereocenters. The Balaban J connectivity index is 2.12. The van der Waals surface area contributed by atoms with Gasteiger partial charge in [-0.05, 0) is 43.5 Å². The number of hydrogen-bond acceptors (Lipinski definition) is 3. The molecule has 0 aliphatic heterocycles. The van der Waals surface area contributed by atoms with Crippen molar-refractivity contribution in [2.45, 2.75) is 25.7 Å². The standard InChI is InChI=1S/C15H21ClN2O2/c1-20-14-7-6-11(16)8-13(14)18-15(19)12-5-3-2-4-10(12)9-17/h6-8,10,12H,2-5,9,17H2,1H3,(H,18,19). The van der Waals surface area contributed by atoms with Gasteiger partial charge in [0.2, 0.25) is 5.91 Å². The Bertz CT molecular complexity index is 479. The number of nitrogens with two attached hydrogens (primary N) is 1. The number of carbonyl (C=O) groups is 1. The maximum atomic E-state index is 12.5. The Kier molecular flexibility index (Phi) is 5.26. The van der Waals surface area contributed by atoms with Crippen LogP contribution in [0.1, 0.15) is 25.7 Å². The number of benzene rings is 1. The van der Waals surface area contributed by atoms with E-state index in [1.807, 2.05) is 0 Å². The fourth-order valence-corrected chi connectivity index (χ4v) is 3.01. The second-order valence-corrected chi connectivity index (χ2v) is 5.66. The highest BCUT2D eigenvalue weighted by Gasteiger charge is 2.30. The lowest BCUT2D eigenvalue weighted by atomic mass is 9.78. The number of ether oxygens (including phenoxy) is 1. The first kappa shape index (κ1) is 15.1. The van der Waals surface area contributed by atoms with Gasteiger partial charge in [-0.1, -0.05) is 24.4 Å². The lowest BCUT2D eigenvalue weighted by molar-refractivity contribution is -0.122. The SMILES string of the molecule is COc1ccc(Cl)cc1NC(=O)C1CCCCC1CN. The summed E-state index contributed by atoms with van der Waals surface area (Å²) in [6.45, 7) is 0.560. The fourth-order valence-electron chi connectivity index (χ4n) is 2.84. The van der Waals surface area contributed by atoms with Crippen LogP contribution in [0.5, 0.6) is 5.75 Å². The van der Waals surface area contributed by atoms with Crippen molar-refractivity contribution in [3.8, 4) is 5.75 Å². The highest BCUT2D eigenvalue weighted by molar-refractivity contribution is 6.31. The van der Waals surface area contributed by atoms with E-state index in [2.05, 4.69) is 5.32 Å². The van der Waals surface area contributed by atoms with Crippen LogP contribution in [0.4, 0.5) is 5.69 Å². The maximum Gasteiger partial charge on any atom is 0.227 e. The molecule has 1 aromatic carbocycles. The maximum absolute atomic E-state index is 12.5. The summed E-state index contributed by atoms with van der Waals surface area (Å²) in [7, 11) is 1.57. The molecule has 0 bridgehead atoms. The minimum absolute atomic E-state index is 0.0146. The van der Waals surface area contributed by atoms with E-state index in [4.69, 9.17) is 22.1 Å². The van der Waals surface area contributed by atoms with Crippen molar-refractivity contribution >= 4 is 23.2 Å². The van der Waals surface area contributed by atoms with Crippen molar-refractivity contribution in [3.05, 3.63) is 23.2 Å². The van der Waals surface area contributed by atoms with Gasteiger partial charge in [-0.25, -0.2) is 0 Å². The van der Waals surface area contributed by atoms with Crippen LogP contribution < -0.4 is 15.8 Å². The van der Waals surface area contributed by atoms with Crippen LogP contribution in [0.25, 0.3) is 0 Å². The van der Waals surface area contributed by atoms with Crippen molar-refractivity contribution in [2.75, 3.05) is 19.0 Å². The summed E-state index contributed by atoms with van der Waals surface area (Å²) >= 11 is 5.97. The molecule has 1 aromatic rings. The lowest BCUT2D eigenvalue weighted by Crippen LogP contribution is -2.35. The summed E-state index contributed by atoms with van der Waals surface area (Å²) < 4.78 is 5.24. The Morgan fingerprint density at radius 2 is 2.20 bits per heavy atom. The summed E-state index contributed by atoms with van der Waals surface area (Å²) in [5.74, 6) is 0.884. The van der Waals surface area contributed by atoms with Gasteiger partial charge in [0.1, 0.15) is 5.75 Å². The molecule has 4 nitrogen and oxygen atoms in total. The lowest BCUT2D eigenvalue weighted by Gasteiger charge is -2.29. The van der Waals surface area contributed by atoms with Crippen LogP contribution in [0.2, 0.25) is 5.02 Å². The van der Waals surface area contributed by atoms with Gasteiger partial charge in [-0.3, -0.25) is 4.79 Å². The number of hydrogen-bond donors (Lipinski definition) is 2. The van der Waals surface area contributed by atoms with E-state index in [0.29, 0.717) is 23.0 Å². The average Bonchev–Trinajstić information content (AvgIpc) is 2.47. The molecule has 1 aliphatic rings. The zero-order valence-corrected chi connectivity index (χ0v) is 12.5. The first-order valence-electron chi connectivity index (χ1n) is 7.00. The topological polar surface area (TPSA) is 64.3 Å². The second-order valence-electron chi connectivity index (χ2n) is 5.22. The van der Waals surface area contributed by atoms with E-state index < -0.39 is 0 Å². The first-order valence-corrected chi connectivity index (χ1v) is 7.38. The minimum atomic E-state index is -0.0163. The third-order valence-electron chi connectivity index (χ3n) is 3.97. The molecular formula is C15H21ClN2O2. The van der Waals surface area contributed by atoms with Gasteiger partial charge in [-0.2, -0.15) is 0 Å². The molecule has 0 heterocycles. The van der Waals surface area contributed by atoms with Gasteiger partial charge in [0.25, 0.3) is 0 Å². The zero-order valence-electron chi connectivity index (χ0n) is 11.7. The Morgan fingerprint density at radius 3 is 2.90 bits per heavy atom. The van der Waals surface area contributed by atoms with Gasteiger partial charge in [0.15, 0.2) is 0 Å². The van der Waals surface area contributed by atoms with Crippen LogP contribution in [0, 0.1) is 11.8 Å². The van der Waals surface area contributed by atoms with Crippen LogP contribution in [-0.4, -0.2) is 19.6 Å². The van der Waals surface area contributed by atoms with Crippen LogP contribution in [0.3, 0.4) is 0 Å². The molecule has 2 rings (SSSR count). The molecule has 2 atom stereocenters. The number of amides is 1. The molecule has 1 saturated carbocycles. The Hall–Kier alpha value is -1.26. The smallest absolute Gasteiger partial charge is 0.227 e.